The van der Waals surface area contributed by atoms with Gasteiger partial charge < -0.3 is 0 Å². The van der Waals surface area contributed by atoms with Gasteiger partial charge in [0.2, 0.25) is 0 Å². The number of pyridine rings is 1. The lowest BCUT2D eigenvalue weighted by Crippen LogP contribution is -1.82. The predicted octanol–water partition coefficient (Wildman–Crippen LogP) is 1.14. The van der Waals surface area contributed by atoms with Gasteiger partial charge in [0.1, 0.15) is 11.8 Å². The maximum Gasteiger partial charge on any atom is 0.113 e. The molecule has 0 spiro atoms. The number of rotatable bonds is 0. The number of hydrogen-bond acceptors (Lipinski definition) is 2. The van der Waals surface area contributed by atoms with E-state index in [9.17, 15) is 0 Å². The Morgan fingerprint density at radius 2 is 2.27 bits per heavy atom. The summed E-state index contributed by atoms with van der Waals surface area (Å²) in [5.74, 6) is 5.15. The second-order valence-electron chi connectivity index (χ2n) is 1.85. The molecule has 0 aliphatic heterocycles. The van der Waals surface area contributed by atoms with Gasteiger partial charge in [0.05, 0.1) is 5.56 Å². The van der Waals surface area contributed by atoms with Crippen LogP contribution < -0.4 is 0 Å². The molecule has 1 radical (unpaired) electrons. The molecule has 0 N–H and O–H groups in total. The molecule has 0 saturated carbocycles. The van der Waals surface area contributed by atoms with Crippen LogP contribution >= 0.6 is 0 Å². The molecule has 11 heavy (non-hydrogen) atoms. The first kappa shape index (κ1) is 7.31. The minimum absolute atomic E-state index is 0.541. The van der Waals surface area contributed by atoms with Gasteiger partial charge in [-0.3, -0.25) is 0 Å². The monoisotopic (exact) mass is 141 g/mol. The second kappa shape index (κ2) is 3.39. The highest BCUT2D eigenvalue weighted by atomic mass is 14.7. The zero-order valence-electron chi connectivity index (χ0n) is 5.83. The topological polar surface area (TPSA) is 36.7 Å². The Kier molecular flexibility index (Phi) is 2.25. The average molecular weight is 141 g/mol. The van der Waals surface area contributed by atoms with Gasteiger partial charge in [-0.25, -0.2) is 4.98 Å². The smallest absolute Gasteiger partial charge is 0.113 e. The van der Waals surface area contributed by atoms with E-state index in [0.717, 1.165) is 0 Å². The van der Waals surface area contributed by atoms with Crippen LogP contribution in [0.2, 0.25) is 0 Å². The Balaban J connectivity index is 3.00. The summed E-state index contributed by atoms with van der Waals surface area (Å²) in [7, 11) is 0. The molecule has 0 aliphatic rings. The number of nitriles is 1. The van der Waals surface area contributed by atoms with Gasteiger partial charge in [-0.1, -0.05) is 5.92 Å². The first-order valence-electron chi connectivity index (χ1n) is 3.01. The van der Waals surface area contributed by atoms with E-state index < -0.39 is 0 Å². The van der Waals surface area contributed by atoms with Crippen molar-refractivity contribution in [3.63, 3.8) is 0 Å². The van der Waals surface area contributed by atoms with E-state index in [1.807, 2.05) is 6.07 Å². The maximum atomic E-state index is 8.42. The molecule has 0 atom stereocenters. The van der Waals surface area contributed by atoms with Crippen molar-refractivity contribution in [1.82, 2.24) is 4.98 Å². The van der Waals surface area contributed by atoms with Crippen molar-refractivity contribution in [3.05, 3.63) is 36.5 Å². The van der Waals surface area contributed by atoms with E-state index in [2.05, 4.69) is 23.7 Å². The summed E-state index contributed by atoms with van der Waals surface area (Å²) < 4.78 is 0. The summed E-state index contributed by atoms with van der Waals surface area (Å²) in [6.07, 6.45) is 1.49. The normalized spacial score (nSPS) is 7.64. The van der Waals surface area contributed by atoms with E-state index in [4.69, 9.17) is 5.26 Å². The molecule has 0 fully saturated rings. The van der Waals surface area contributed by atoms with Crippen LogP contribution in [0.3, 0.4) is 0 Å². The molecule has 1 aromatic rings. The Morgan fingerprint density at radius 3 is 2.73 bits per heavy atom. The summed E-state index contributed by atoms with van der Waals surface area (Å²) >= 11 is 0. The number of nitrogens with zero attached hydrogens (tertiary/aromatic N) is 2. The van der Waals surface area contributed by atoms with Crippen molar-refractivity contribution in [2.45, 2.75) is 0 Å². The van der Waals surface area contributed by atoms with Gasteiger partial charge in [-0.2, -0.15) is 5.26 Å². The van der Waals surface area contributed by atoms with Crippen molar-refractivity contribution >= 4 is 0 Å². The van der Waals surface area contributed by atoms with Crippen LogP contribution in [0.25, 0.3) is 0 Å². The van der Waals surface area contributed by atoms with Crippen LogP contribution in [0, 0.1) is 30.1 Å². The minimum Gasteiger partial charge on any atom is -0.246 e. The summed E-state index contributed by atoms with van der Waals surface area (Å²) in [6, 6.07) is 5.33. The summed E-state index contributed by atoms with van der Waals surface area (Å²) in [5, 5.41) is 8.42. The van der Waals surface area contributed by atoms with Crippen molar-refractivity contribution in [3.8, 4) is 17.9 Å². The highest BCUT2D eigenvalue weighted by Gasteiger charge is 1.89. The van der Waals surface area contributed by atoms with Crippen LogP contribution in [0.4, 0.5) is 0 Å². The molecule has 2 heteroatoms. The van der Waals surface area contributed by atoms with Gasteiger partial charge in [-0.05, 0) is 18.1 Å². The maximum absolute atomic E-state index is 8.42. The minimum atomic E-state index is 0.541. The van der Waals surface area contributed by atoms with Crippen LogP contribution in [0.1, 0.15) is 11.3 Å². The quantitative estimate of drug-likeness (QED) is 0.508. The molecule has 0 aliphatic carbocycles. The highest BCUT2D eigenvalue weighted by molar-refractivity contribution is 5.33. The van der Waals surface area contributed by atoms with Gasteiger partial charge in [0.25, 0.3) is 0 Å². The molecular weight excluding hydrogens is 136 g/mol. The molecule has 0 unspecified atom stereocenters. The molecular formula is C9H5N2. The van der Waals surface area contributed by atoms with Crippen LogP contribution in [-0.2, 0) is 0 Å². The van der Waals surface area contributed by atoms with Gasteiger partial charge in [-0.15, -0.1) is 0 Å². The van der Waals surface area contributed by atoms with E-state index in [1.165, 1.54) is 6.20 Å². The molecule has 0 aromatic carbocycles. The molecule has 0 bridgehead atoms. The Bertz CT molecular complexity index is 333. The van der Waals surface area contributed by atoms with Crippen molar-refractivity contribution in [1.29, 1.82) is 5.26 Å². The first-order valence-corrected chi connectivity index (χ1v) is 3.01. The number of hydrogen-bond donors (Lipinski definition) is 0. The van der Waals surface area contributed by atoms with Crippen molar-refractivity contribution in [2.75, 3.05) is 0 Å². The van der Waals surface area contributed by atoms with Crippen molar-refractivity contribution < 1.29 is 0 Å². The standard InChI is InChI=1S/C9H5N2/c1-2-3-9-5-4-8(6-10)7-11-9/h4-5,7H,1H2. The highest BCUT2D eigenvalue weighted by Crippen LogP contribution is 1.96. The molecule has 1 aromatic heterocycles. The molecule has 1 rings (SSSR count). The van der Waals surface area contributed by atoms with Crippen molar-refractivity contribution in [2.24, 2.45) is 0 Å². The lowest BCUT2D eigenvalue weighted by atomic mass is 10.3. The largest absolute Gasteiger partial charge is 0.246 e. The number of aromatic nitrogens is 1. The molecule has 0 amide bonds. The molecule has 1 heterocycles. The Hall–Kier alpha value is -1.80. The van der Waals surface area contributed by atoms with E-state index in [0.29, 0.717) is 11.3 Å². The zero-order chi connectivity index (χ0) is 8.10. The predicted molar refractivity (Wildman–Crippen MR) is 41.2 cm³/mol. The summed E-state index contributed by atoms with van der Waals surface area (Å²) in [4.78, 5) is 3.90. The van der Waals surface area contributed by atoms with Gasteiger partial charge in [0.15, 0.2) is 0 Å². The molecule has 2 nitrogen and oxygen atoms in total. The molecule has 0 saturated heterocycles. The van der Waals surface area contributed by atoms with Crippen LogP contribution in [0.15, 0.2) is 18.3 Å². The molecule has 51 valence electrons. The van der Waals surface area contributed by atoms with Gasteiger partial charge >= 0.3 is 0 Å². The lowest BCUT2D eigenvalue weighted by molar-refractivity contribution is 1.27. The van der Waals surface area contributed by atoms with Gasteiger partial charge in [0, 0.05) is 13.1 Å². The third kappa shape index (κ3) is 1.81. The Morgan fingerprint density at radius 1 is 1.45 bits per heavy atom. The third-order valence-corrected chi connectivity index (χ3v) is 1.11. The average Bonchev–Trinajstić information content (AvgIpc) is 2.07. The first-order chi connectivity index (χ1) is 5.36. The summed E-state index contributed by atoms with van der Waals surface area (Å²) in [6.45, 7) is 3.36. The lowest BCUT2D eigenvalue weighted by Gasteiger charge is -1.87. The fourth-order valence-electron chi connectivity index (χ4n) is 0.625. The van der Waals surface area contributed by atoms with E-state index >= 15 is 0 Å². The zero-order valence-corrected chi connectivity index (χ0v) is 5.83. The van der Waals surface area contributed by atoms with E-state index in [1.54, 1.807) is 12.1 Å². The van der Waals surface area contributed by atoms with Crippen LogP contribution in [-0.4, -0.2) is 4.98 Å². The fourth-order valence-corrected chi connectivity index (χ4v) is 0.625. The Labute approximate surface area is 65.5 Å². The van der Waals surface area contributed by atoms with E-state index in [-0.39, 0.29) is 0 Å². The third-order valence-electron chi connectivity index (χ3n) is 1.11. The van der Waals surface area contributed by atoms with Crippen LogP contribution in [0.5, 0.6) is 0 Å². The summed E-state index contributed by atoms with van der Waals surface area (Å²) in [5.41, 5.74) is 1.18. The second-order valence-corrected chi connectivity index (χ2v) is 1.85. The fraction of sp³-hybridized carbons (Fsp3) is 0. The SMILES string of the molecule is [CH2]C#Cc1ccc(C#N)cn1.